The number of rotatable bonds is 7. The fraction of sp³-hybridized carbons (Fsp3) is 0.278. The van der Waals surface area contributed by atoms with Gasteiger partial charge in [0.25, 0.3) is 0 Å². The van der Waals surface area contributed by atoms with Crippen molar-refractivity contribution < 1.29 is 0 Å². The Kier molecular flexibility index (Phi) is 11.2. The van der Waals surface area contributed by atoms with E-state index in [-0.39, 0.29) is 12.1 Å². The van der Waals surface area contributed by atoms with Crippen LogP contribution < -0.4 is 15.9 Å². The number of nitrogens with zero attached hydrogens (tertiary/aromatic N) is 2. The lowest BCUT2D eigenvalue weighted by atomic mass is 9.91. The zero-order valence-corrected chi connectivity index (χ0v) is 24.5. The molecule has 0 aliphatic heterocycles. The van der Waals surface area contributed by atoms with E-state index in [0.717, 1.165) is 12.8 Å². The summed E-state index contributed by atoms with van der Waals surface area (Å²) in [6.07, 6.45) is 10.1. The average Bonchev–Trinajstić information content (AvgIpc) is 2.98. The molecule has 0 saturated heterocycles. The smallest absolute Gasteiger partial charge is 0.0723 e. The number of aryl methyl sites for hydroxylation is 1. The zero-order valence-electron chi connectivity index (χ0n) is 23.6. The second-order valence-corrected chi connectivity index (χ2v) is 12.3. The molecule has 0 spiro atoms. The quantitative estimate of drug-likeness (QED) is 0.170. The molecule has 1 aliphatic rings. The molecule has 4 aromatic rings. The SMILES string of the molecule is CCC.Cc1ccccc1C=NC1CCCCC1N=Cc1ccccc1P(c1ccccc1)c1ccccc1. The zero-order chi connectivity index (χ0) is 27.3. The molecule has 5 rings (SSSR count). The molecule has 2 atom stereocenters. The number of aliphatic imine (C=N–C) groups is 2. The summed E-state index contributed by atoms with van der Waals surface area (Å²) < 4.78 is 0. The van der Waals surface area contributed by atoms with Crippen LogP contribution in [0.2, 0.25) is 0 Å². The molecule has 0 N–H and O–H groups in total. The van der Waals surface area contributed by atoms with Gasteiger partial charge in [-0.25, -0.2) is 0 Å². The van der Waals surface area contributed by atoms with Crippen LogP contribution in [0.4, 0.5) is 0 Å². The Balaban J connectivity index is 0.00000112. The van der Waals surface area contributed by atoms with Crippen LogP contribution in [0, 0.1) is 6.92 Å². The number of benzene rings is 4. The lowest BCUT2D eigenvalue weighted by Gasteiger charge is -2.26. The Morgan fingerprint density at radius 3 is 1.59 bits per heavy atom. The van der Waals surface area contributed by atoms with E-state index in [1.54, 1.807) is 0 Å². The molecule has 2 unspecified atom stereocenters. The second-order valence-electron chi connectivity index (χ2n) is 10.1. The van der Waals surface area contributed by atoms with Crippen LogP contribution in [0.25, 0.3) is 0 Å². The van der Waals surface area contributed by atoms with E-state index < -0.39 is 7.92 Å². The van der Waals surface area contributed by atoms with Gasteiger partial charge in [0.05, 0.1) is 12.1 Å². The number of hydrogen-bond acceptors (Lipinski definition) is 2. The van der Waals surface area contributed by atoms with Crippen LogP contribution in [-0.2, 0) is 0 Å². The molecule has 1 saturated carbocycles. The van der Waals surface area contributed by atoms with E-state index in [9.17, 15) is 0 Å². The highest BCUT2D eigenvalue weighted by atomic mass is 31.1. The van der Waals surface area contributed by atoms with E-state index in [0.29, 0.717) is 0 Å². The minimum atomic E-state index is -0.668. The Morgan fingerprint density at radius 2 is 1.05 bits per heavy atom. The highest BCUT2D eigenvalue weighted by molar-refractivity contribution is 7.80. The molecule has 0 aromatic heterocycles. The van der Waals surface area contributed by atoms with Crippen LogP contribution >= 0.6 is 7.92 Å². The summed E-state index contributed by atoms with van der Waals surface area (Å²) in [4.78, 5) is 10.2. The Labute approximate surface area is 236 Å². The molecule has 4 aromatic carbocycles. The Morgan fingerprint density at radius 1 is 0.615 bits per heavy atom. The van der Waals surface area contributed by atoms with Crippen molar-refractivity contribution in [3.05, 3.63) is 126 Å². The fourth-order valence-corrected chi connectivity index (χ4v) is 7.33. The van der Waals surface area contributed by atoms with Gasteiger partial charge in [-0.1, -0.05) is 142 Å². The van der Waals surface area contributed by atoms with E-state index in [4.69, 9.17) is 9.98 Å². The maximum Gasteiger partial charge on any atom is 0.0723 e. The third-order valence-electron chi connectivity index (χ3n) is 6.90. The first kappa shape index (κ1) is 28.7. The molecule has 3 heteroatoms. The summed E-state index contributed by atoms with van der Waals surface area (Å²) in [6, 6.07) is 39.5. The third-order valence-corrected chi connectivity index (χ3v) is 9.42. The van der Waals surface area contributed by atoms with Crippen molar-refractivity contribution in [1.29, 1.82) is 0 Å². The summed E-state index contributed by atoms with van der Waals surface area (Å²) in [6.45, 7) is 6.40. The average molecular weight is 533 g/mol. The summed E-state index contributed by atoms with van der Waals surface area (Å²) in [5, 5.41) is 4.07. The standard InChI is InChI=1S/C33H33N2P.C3H8/c1-26-14-8-9-15-27(26)24-34-31-21-11-12-22-32(31)35-25-28-16-10-13-23-33(28)36(29-17-4-2-5-18-29)30-19-6-3-7-20-30;1-3-2/h2-10,13-20,23-25,31-32H,11-12,21-22H2,1H3;3H2,1-2H3. The third kappa shape index (κ3) is 8.07. The molecule has 2 nitrogen and oxygen atoms in total. The molecule has 0 bridgehead atoms. The van der Waals surface area contributed by atoms with Gasteiger partial charge in [0.1, 0.15) is 0 Å². The first-order valence-corrected chi connectivity index (χ1v) is 15.7. The molecule has 1 aliphatic carbocycles. The van der Waals surface area contributed by atoms with E-state index >= 15 is 0 Å². The van der Waals surface area contributed by atoms with Crippen molar-refractivity contribution in [2.75, 3.05) is 0 Å². The minimum Gasteiger partial charge on any atom is -0.287 e. The van der Waals surface area contributed by atoms with Crippen molar-refractivity contribution in [2.45, 2.75) is 65.0 Å². The van der Waals surface area contributed by atoms with Gasteiger partial charge in [0, 0.05) is 18.0 Å². The molecule has 0 amide bonds. The van der Waals surface area contributed by atoms with Crippen LogP contribution in [-0.4, -0.2) is 24.5 Å². The molecular weight excluding hydrogens is 491 g/mol. The van der Waals surface area contributed by atoms with Gasteiger partial charge in [0.2, 0.25) is 0 Å². The van der Waals surface area contributed by atoms with Gasteiger partial charge in [-0.05, 0) is 54.7 Å². The van der Waals surface area contributed by atoms with E-state index in [1.165, 1.54) is 51.9 Å². The van der Waals surface area contributed by atoms with Crippen molar-refractivity contribution in [3.8, 4) is 0 Å². The van der Waals surface area contributed by atoms with Gasteiger partial charge in [-0.15, -0.1) is 0 Å². The summed E-state index contributed by atoms with van der Waals surface area (Å²) in [7, 11) is -0.668. The van der Waals surface area contributed by atoms with E-state index in [2.05, 4.69) is 142 Å². The highest BCUT2D eigenvalue weighted by Crippen LogP contribution is 2.34. The topological polar surface area (TPSA) is 24.7 Å². The van der Waals surface area contributed by atoms with Crippen molar-refractivity contribution >= 4 is 36.3 Å². The van der Waals surface area contributed by atoms with Crippen LogP contribution in [0.3, 0.4) is 0 Å². The fourth-order valence-electron chi connectivity index (χ4n) is 4.90. The maximum atomic E-state index is 5.17. The Hall–Kier alpha value is -3.35. The predicted octanol–water partition coefficient (Wildman–Crippen LogP) is 8.02. The minimum absolute atomic E-state index is 0.228. The molecule has 200 valence electrons. The monoisotopic (exact) mass is 532 g/mol. The van der Waals surface area contributed by atoms with Crippen molar-refractivity contribution in [1.82, 2.24) is 0 Å². The lowest BCUT2D eigenvalue weighted by molar-refractivity contribution is 0.390. The lowest BCUT2D eigenvalue weighted by Crippen LogP contribution is -2.28. The summed E-state index contributed by atoms with van der Waals surface area (Å²) >= 11 is 0. The first-order chi connectivity index (χ1) is 19.2. The van der Waals surface area contributed by atoms with Gasteiger partial charge < -0.3 is 0 Å². The van der Waals surface area contributed by atoms with Crippen LogP contribution in [0.5, 0.6) is 0 Å². The molecule has 0 heterocycles. The predicted molar refractivity (Wildman–Crippen MR) is 174 cm³/mol. The molecule has 39 heavy (non-hydrogen) atoms. The van der Waals surface area contributed by atoms with Crippen LogP contribution in [0.15, 0.2) is 119 Å². The molecular formula is C36H41N2P. The normalized spacial score (nSPS) is 17.3. The largest absolute Gasteiger partial charge is 0.287 e. The van der Waals surface area contributed by atoms with Gasteiger partial charge in [0.15, 0.2) is 0 Å². The van der Waals surface area contributed by atoms with Crippen molar-refractivity contribution in [3.63, 3.8) is 0 Å². The van der Waals surface area contributed by atoms with Crippen LogP contribution in [0.1, 0.15) is 62.6 Å². The van der Waals surface area contributed by atoms with E-state index in [1.807, 2.05) is 0 Å². The van der Waals surface area contributed by atoms with Crippen molar-refractivity contribution in [2.24, 2.45) is 9.98 Å². The van der Waals surface area contributed by atoms with Gasteiger partial charge in [-0.3, -0.25) is 9.98 Å². The second kappa shape index (κ2) is 15.3. The Bertz CT molecular complexity index is 1290. The summed E-state index contributed by atoms with van der Waals surface area (Å²) in [5.74, 6) is 0. The molecule has 1 fully saturated rings. The van der Waals surface area contributed by atoms with Gasteiger partial charge >= 0.3 is 0 Å². The van der Waals surface area contributed by atoms with Gasteiger partial charge in [-0.2, -0.15) is 0 Å². The maximum absolute atomic E-state index is 5.17. The molecule has 0 radical (unpaired) electrons. The highest BCUT2D eigenvalue weighted by Gasteiger charge is 2.24. The number of hydrogen-bond donors (Lipinski definition) is 0. The summed E-state index contributed by atoms with van der Waals surface area (Å²) in [5.41, 5.74) is 3.68. The first-order valence-electron chi connectivity index (χ1n) is 14.3.